The number of unbranched alkanes of at least 4 members (excludes halogenated alkanes) is 14. The Morgan fingerprint density at radius 3 is 1.77 bits per heavy atom. The average Bonchev–Trinajstić information content (AvgIpc) is 2.93. The second-order valence-electron chi connectivity index (χ2n) is 11.0. The molecule has 4 nitrogen and oxygen atoms in total. The first-order valence-electron chi connectivity index (χ1n) is 16.6. The number of ether oxygens (including phenoxy) is 1. The lowest BCUT2D eigenvalue weighted by Gasteiger charge is -2.15. The highest BCUT2D eigenvalue weighted by atomic mass is 16.5. The van der Waals surface area contributed by atoms with Gasteiger partial charge in [0, 0.05) is 12.8 Å². The fourth-order valence-electron chi connectivity index (χ4n) is 4.58. The molecule has 1 unspecified atom stereocenters. The van der Waals surface area contributed by atoms with E-state index in [1.807, 2.05) is 0 Å². The predicted octanol–water partition coefficient (Wildman–Crippen LogP) is 11.2. The Hall–Kier alpha value is -2.10. The van der Waals surface area contributed by atoms with Crippen molar-refractivity contribution in [3.05, 3.63) is 48.6 Å². The monoisotopic (exact) mass is 558 g/mol. The van der Waals surface area contributed by atoms with Crippen LogP contribution in [0.5, 0.6) is 0 Å². The molecule has 0 aliphatic rings. The molecule has 1 atom stereocenters. The van der Waals surface area contributed by atoms with Gasteiger partial charge in [-0.05, 0) is 76.7 Å². The minimum Gasteiger partial charge on any atom is -0.481 e. The summed E-state index contributed by atoms with van der Waals surface area (Å²) in [6.07, 6.45) is 41.4. The molecule has 0 fully saturated rings. The molecule has 0 amide bonds. The molecule has 0 heterocycles. The zero-order valence-electron chi connectivity index (χ0n) is 26.1. The Labute approximate surface area is 247 Å². The summed E-state index contributed by atoms with van der Waals surface area (Å²) in [6, 6.07) is 0. The normalized spacial score (nSPS) is 12.8. The fraction of sp³-hybridized carbons (Fsp3) is 0.722. The molecule has 40 heavy (non-hydrogen) atoms. The maximum Gasteiger partial charge on any atom is 0.306 e. The number of hydrogen-bond donors (Lipinski definition) is 1. The van der Waals surface area contributed by atoms with Gasteiger partial charge in [0.15, 0.2) is 0 Å². The lowest BCUT2D eigenvalue weighted by Crippen LogP contribution is -2.16. The van der Waals surface area contributed by atoms with Crippen molar-refractivity contribution in [2.45, 2.75) is 168 Å². The highest BCUT2D eigenvalue weighted by molar-refractivity contribution is 5.69. The van der Waals surface area contributed by atoms with Crippen LogP contribution in [0.3, 0.4) is 0 Å². The Balaban J connectivity index is 3.95. The van der Waals surface area contributed by atoms with Crippen molar-refractivity contribution in [1.82, 2.24) is 0 Å². The molecule has 0 aromatic heterocycles. The van der Waals surface area contributed by atoms with Crippen molar-refractivity contribution in [3.63, 3.8) is 0 Å². The highest BCUT2D eigenvalue weighted by Crippen LogP contribution is 2.15. The molecule has 0 spiro atoms. The van der Waals surface area contributed by atoms with Crippen molar-refractivity contribution in [2.24, 2.45) is 0 Å². The van der Waals surface area contributed by atoms with E-state index in [1.165, 1.54) is 64.2 Å². The molecule has 0 aliphatic carbocycles. The van der Waals surface area contributed by atoms with Crippen LogP contribution in [-0.4, -0.2) is 23.1 Å². The van der Waals surface area contributed by atoms with Gasteiger partial charge in [-0.2, -0.15) is 0 Å². The van der Waals surface area contributed by atoms with E-state index in [2.05, 4.69) is 62.5 Å². The number of carboxylic acid groups (broad SMARTS) is 1. The van der Waals surface area contributed by atoms with Gasteiger partial charge in [-0.15, -0.1) is 0 Å². The van der Waals surface area contributed by atoms with Gasteiger partial charge >= 0.3 is 11.9 Å². The van der Waals surface area contributed by atoms with Crippen molar-refractivity contribution in [3.8, 4) is 0 Å². The standard InChI is InChI=1S/C36H62O4/c1-3-5-7-9-11-12-13-14-15-16-17-18-19-20-21-23-29-33-36(39)40-34(30-26-22-10-8-6-4-2)31-27-24-25-28-32-35(37)38/h5,7,11-12,14-15,26,30,34H,3-4,6,8-10,13,16-25,27-29,31-33H2,1-2H3,(H,37,38)/b7-5-,12-11-,15-14-,30-26-. The molecular formula is C36H62O4. The van der Waals surface area contributed by atoms with Gasteiger partial charge in [0.05, 0.1) is 0 Å². The van der Waals surface area contributed by atoms with Gasteiger partial charge in [-0.25, -0.2) is 0 Å². The molecule has 0 saturated carbocycles. The molecule has 4 heteroatoms. The Bertz CT molecular complexity index is 689. The van der Waals surface area contributed by atoms with Gasteiger partial charge < -0.3 is 9.84 Å². The molecule has 0 aromatic rings. The number of esters is 1. The third-order valence-corrected chi connectivity index (χ3v) is 7.02. The molecule has 0 radical (unpaired) electrons. The molecule has 230 valence electrons. The Kier molecular flexibility index (Phi) is 29.8. The number of carboxylic acids is 1. The van der Waals surface area contributed by atoms with Crippen LogP contribution in [0.25, 0.3) is 0 Å². The first kappa shape index (κ1) is 37.9. The van der Waals surface area contributed by atoms with Crippen LogP contribution in [-0.2, 0) is 14.3 Å². The Morgan fingerprint density at radius 1 is 0.600 bits per heavy atom. The molecule has 0 bridgehead atoms. The van der Waals surface area contributed by atoms with E-state index >= 15 is 0 Å². The zero-order chi connectivity index (χ0) is 29.4. The number of carbonyl (C=O) groups excluding carboxylic acids is 1. The van der Waals surface area contributed by atoms with Crippen LogP contribution in [0.1, 0.15) is 162 Å². The summed E-state index contributed by atoms with van der Waals surface area (Å²) >= 11 is 0. The van der Waals surface area contributed by atoms with Crippen molar-refractivity contribution in [2.75, 3.05) is 0 Å². The molecule has 0 aromatic carbocycles. The molecule has 0 aliphatic heterocycles. The van der Waals surface area contributed by atoms with E-state index in [9.17, 15) is 9.59 Å². The van der Waals surface area contributed by atoms with E-state index in [1.54, 1.807) is 0 Å². The molecule has 0 saturated heterocycles. The van der Waals surface area contributed by atoms with E-state index in [-0.39, 0.29) is 18.5 Å². The first-order chi connectivity index (χ1) is 19.6. The van der Waals surface area contributed by atoms with Crippen LogP contribution in [0, 0.1) is 0 Å². The molecule has 0 rings (SSSR count). The summed E-state index contributed by atoms with van der Waals surface area (Å²) in [5, 5.41) is 8.78. The van der Waals surface area contributed by atoms with Gasteiger partial charge in [-0.3, -0.25) is 9.59 Å². The number of hydrogen-bond acceptors (Lipinski definition) is 3. The molecular weight excluding hydrogens is 496 g/mol. The van der Waals surface area contributed by atoms with Crippen molar-refractivity contribution < 1.29 is 19.4 Å². The largest absolute Gasteiger partial charge is 0.481 e. The number of aliphatic carboxylic acids is 1. The van der Waals surface area contributed by atoms with E-state index < -0.39 is 5.97 Å². The van der Waals surface area contributed by atoms with Crippen molar-refractivity contribution in [1.29, 1.82) is 0 Å². The average molecular weight is 559 g/mol. The van der Waals surface area contributed by atoms with Gasteiger partial charge in [0.1, 0.15) is 6.10 Å². The quantitative estimate of drug-likeness (QED) is 0.0563. The third-order valence-electron chi connectivity index (χ3n) is 7.02. The highest BCUT2D eigenvalue weighted by Gasteiger charge is 2.11. The number of rotatable bonds is 29. The summed E-state index contributed by atoms with van der Waals surface area (Å²) in [6.45, 7) is 4.38. The maximum atomic E-state index is 12.5. The summed E-state index contributed by atoms with van der Waals surface area (Å²) in [5.74, 6) is -0.804. The van der Waals surface area contributed by atoms with Crippen LogP contribution in [0.2, 0.25) is 0 Å². The minimum atomic E-state index is -0.726. The second kappa shape index (κ2) is 31.4. The topological polar surface area (TPSA) is 63.6 Å². The van der Waals surface area contributed by atoms with E-state index in [0.717, 1.165) is 70.6 Å². The van der Waals surface area contributed by atoms with E-state index in [0.29, 0.717) is 6.42 Å². The van der Waals surface area contributed by atoms with Crippen LogP contribution >= 0.6 is 0 Å². The van der Waals surface area contributed by atoms with Gasteiger partial charge in [-0.1, -0.05) is 121 Å². The van der Waals surface area contributed by atoms with Crippen LogP contribution in [0.4, 0.5) is 0 Å². The lowest BCUT2D eigenvalue weighted by atomic mass is 10.1. The zero-order valence-corrected chi connectivity index (χ0v) is 26.1. The maximum absolute atomic E-state index is 12.5. The number of carbonyl (C=O) groups is 2. The van der Waals surface area contributed by atoms with Gasteiger partial charge in [0.25, 0.3) is 0 Å². The summed E-state index contributed by atoms with van der Waals surface area (Å²) < 4.78 is 5.82. The van der Waals surface area contributed by atoms with Crippen molar-refractivity contribution >= 4 is 11.9 Å². The smallest absolute Gasteiger partial charge is 0.306 e. The van der Waals surface area contributed by atoms with Crippen LogP contribution < -0.4 is 0 Å². The summed E-state index contributed by atoms with van der Waals surface area (Å²) in [7, 11) is 0. The van der Waals surface area contributed by atoms with Gasteiger partial charge in [0.2, 0.25) is 0 Å². The van der Waals surface area contributed by atoms with E-state index in [4.69, 9.17) is 9.84 Å². The second-order valence-corrected chi connectivity index (χ2v) is 11.0. The summed E-state index contributed by atoms with van der Waals surface area (Å²) in [4.78, 5) is 23.1. The molecule has 1 N–H and O–H groups in total. The first-order valence-corrected chi connectivity index (χ1v) is 16.6. The minimum absolute atomic E-state index is 0.0782. The fourth-order valence-corrected chi connectivity index (χ4v) is 4.58. The lowest BCUT2D eigenvalue weighted by molar-refractivity contribution is -0.147. The Morgan fingerprint density at radius 2 is 1.12 bits per heavy atom. The van der Waals surface area contributed by atoms with Crippen LogP contribution in [0.15, 0.2) is 48.6 Å². The summed E-state index contributed by atoms with van der Waals surface area (Å²) in [5.41, 5.74) is 0. The SMILES string of the molecule is CC/C=C\C/C=C\C/C=C\CCCCCCCCCC(=O)OC(/C=C\CCCCCC)CCCCCCC(=O)O. The third kappa shape index (κ3) is 30.4. The predicted molar refractivity (Wildman–Crippen MR) is 172 cm³/mol. The number of allylic oxidation sites excluding steroid dienone is 7.